The molecule has 0 fully saturated rings. The lowest BCUT2D eigenvalue weighted by molar-refractivity contribution is 0.660. The Morgan fingerprint density at radius 1 is 0.362 bits per heavy atom. The number of aromatic nitrogens is 2. The molecule has 0 saturated carbocycles. The zero-order valence-corrected chi connectivity index (χ0v) is 33.1. The second-order valence-corrected chi connectivity index (χ2v) is 16.8. The van der Waals surface area contributed by atoms with Crippen molar-refractivity contribution in [2.24, 2.45) is 0 Å². The second-order valence-electron chi connectivity index (χ2n) is 15.7. The van der Waals surface area contributed by atoms with Crippen LogP contribution in [0.4, 0.5) is 0 Å². The molecule has 0 saturated heterocycles. The molecule has 1 aliphatic carbocycles. The van der Waals surface area contributed by atoms with Gasteiger partial charge in [-0.2, -0.15) is 0 Å². The molecule has 1 aliphatic rings. The van der Waals surface area contributed by atoms with Crippen LogP contribution in [0.25, 0.3) is 98.6 Å². The summed E-state index contributed by atoms with van der Waals surface area (Å²) in [6, 6.07) is 70.2. The van der Waals surface area contributed by atoms with E-state index in [9.17, 15) is 0 Å². The molecular weight excluding hydrogens is 721 g/mol. The number of rotatable bonds is 6. The molecule has 0 atom stereocenters. The first-order valence-corrected chi connectivity index (χ1v) is 20.7. The van der Waals surface area contributed by atoms with Gasteiger partial charge in [-0.05, 0) is 98.1 Å². The number of fused-ring (bicyclic) bond motifs is 6. The van der Waals surface area contributed by atoms with Crippen molar-refractivity contribution >= 4 is 31.5 Å². The zero-order valence-electron chi connectivity index (χ0n) is 32.3. The van der Waals surface area contributed by atoms with E-state index >= 15 is 0 Å². The van der Waals surface area contributed by atoms with Gasteiger partial charge in [0.2, 0.25) is 0 Å². The fourth-order valence-electron chi connectivity index (χ4n) is 9.02. The van der Waals surface area contributed by atoms with Crippen molar-refractivity contribution in [3.8, 4) is 78.4 Å². The monoisotopic (exact) mass is 758 g/mol. The summed E-state index contributed by atoms with van der Waals surface area (Å²) in [6.45, 7) is 4.66. The van der Waals surface area contributed by atoms with Crippen molar-refractivity contribution in [2.45, 2.75) is 19.3 Å². The first-order chi connectivity index (χ1) is 28.5. The van der Waals surface area contributed by atoms with Crippen LogP contribution in [0.1, 0.15) is 25.0 Å². The number of benzene rings is 8. The summed E-state index contributed by atoms with van der Waals surface area (Å²) in [4.78, 5) is 10.7. The normalized spacial score (nSPS) is 12.8. The highest BCUT2D eigenvalue weighted by atomic mass is 32.1. The average molecular weight is 759 g/mol. The third-order valence-corrected chi connectivity index (χ3v) is 13.1. The van der Waals surface area contributed by atoms with Crippen LogP contribution in [0.3, 0.4) is 0 Å². The van der Waals surface area contributed by atoms with Gasteiger partial charge in [0, 0.05) is 42.3 Å². The predicted molar refractivity (Wildman–Crippen MR) is 245 cm³/mol. The maximum atomic E-state index is 5.39. The number of hydrogen-bond acceptors (Lipinski definition) is 3. The van der Waals surface area contributed by atoms with E-state index in [1.54, 1.807) is 0 Å². The van der Waals surface area contributed by atoms with Crippen molar-refractivity contribution < 1.29 is 0 Å². The lowest BCUT2D eigenvalue weighted by Gasteiger charge is -2.21. The van der Waals surface area contributed by atoms with Crippen LogP contribution in [0.15, 0.2) is 194 Å². The summed E-state index contributed by atoms with van der Waals surface area (Å²) in [5.41, 5.74) is 17.0. The van der Waals surface area contributed by atoms with E-state index in [4.69, 9.17) is 9.97 Å². The van der Waals surface area contributed by atoms with Crippen molar-refractivity contribution in [3.63, 3.8) is 0 Å². The average Bonchev–Trinajstić information content (AvgIpc) is 3.78. The quantitative estimate of drug-likeness (QED) is 0.169. The largest absolute Gasteiger partial charge is 0.228 e. The van der Waals surface area contributed by atoms with E-state index in [-0.39, 0.29) is 5.41 Å². The molecule has 2 aromatic heterocycles. The molecule has 10 aromatic rings. The summed E-state index contributed by atoms with van der Waals surface area (Å²) < 4.78 is 2.60. The van der Waals surface area contributed by atoms with Crippen LogP contribution in [0, 0.1) is 0 Å². The topological polar surface area (TPSA) is 25.8 Å². The molecule has 2 nitrogen and oxygen atoms in total. The fraction of sp³-hybridized carbons (Fsp3) is 0.0545. The van der Waals surface area contributed by atoms with Crippen molar-refractivity contribution in [1.29, 1.82) is 0 Å². The van der Waals surface area contributed by atoms with Gasteiger partial charge < -0.3 is 0 Å². The first-order valence-electron chi connectivity index (χ1n) is 19.9. The molecule has 0 amide bonds. The summed E-state index contributed by atoms with van der Waals surface area (Å²) in [5, 5.41) is 2.58. The SMILES string of the molecule is CC1(C)c2ccccc2-c2c(-c3cc(-c4cc(-c5ccc6sc7ccccc7c6c5)cc(-c5ccccc5-c5ccccc5)c4)nc(-c4ccccc4)n3)cccc21. The zero-order chi connectivity index (χ0) is 38.8. The van der Waals surface area contributed by atoms with Crippen LogP contribution in [0.2, 0.25) is 0 Å². The summed E-state index contributed by atoms with van der Waals surface area (Å²) >= 11 is 1.85. The highest BCUT2D eigenvalue weighted by Gasteiger charge is 2.36. The maximum Gasteiger partial charge on any atom is 0.160 e. The predicted octanol–water partition coefficient (Wildman–Crippen LogP) is 15.2. The van der Waals surface area contributed by atoms with Gasteiger partial charge in [-0.25, -0.2) is 9.97 Å². The number of nitrogens with zero attached hydrogens (tertiary/aromatic N) is 2. The van der Waals surface area contributed by atoms with Gasteiger partial charge in [0.15, 0.2) is 5.82 Å². The van der Waals surface area contributed by atoms with Gasteiger partial charge >= 0.3 is 0 Å². The Morgan fingerprint density at radius 3 is 1.76 bits per heavy atom. The van der Waals surface area contributed by atoms with Gasteiger partial charge in [-0.3, -0.25) is 0 Å². The molecule has 3 heteroatoms. The minimum absolute atomic E-state index is 0.121. The molecule has 0 spiro atoms. The van der Waals surface area contributed by atoms with E-state index in [0.717, 1.165) is 39.2 Å². The molecule has 2 heterocycles. The lowest BCUT2D eigenvalue weighted by atomic mass is 9.82. The van der Waals surface area contributed by atoms with E-state index in [2.05, 4.69) is 202 Å². The molecule has 8 aromatic carbocycles. The smallest absolute Gasteiger partial charge is 0.160 e. The van der Waals surface area contributed by atoms with Crippen LogP contribution in [-0.2, 0) is 5.41 Å². The molecule has 0 bridgehead atoms. The lowest BCUT2D eigenvalue weighted by Crippen LogP contribution is -2.14. The van der Waals surface area contributed by atoms with Gasteiger partial charge in [-0.1, -0.05) is 166 Å². The molecule has 11 rings (SSSR count). The molecule has 0 aliphatic heterocycles. The Hall–Kier alpha value is -6.94. The molecule has 274 valence electrons. The van der Waals surface area contributed by atoms with Crippen LogP contribution >= 0.6 is 11.3 Å². The Bertz CT molecular complexity index is 3190. The Kier molecular flexibility index (Phi) is 8.06. The van der Waals surface area contributed by atoms with Crippen LogP contribution in [-0.4, -0.2) is 9.97 Å². The van der Waals surface area contributed by atoms with Crippen LogP contribution in [0.5, 0.6) is 0 Å². The molecular formula is C55H38N2S. The van der Waals surface area contributed by atoms with Crippen LogP contribution < -0.4 is 0 Å². The summed E-state index contributed by atoms with van der Waals surface area (Å²) in [6.07, 6.45) is 0. The minimum atomic E-state index is -0.121. The van der Waals surface area contributed by atoms with Crippen molar-refractivity contribution in [2.75, 3.05) is 0 Å². The summed E-state index contributed by atoms with van der Waals surface area (Å²) in [5.74, 6) is 0.707. The number of hydrogen-bond donors (Lipinski definition) is 0. The molecule has 0 unspecified atom stereocenters. The third kappa shape index (κ3) is 5.69. The highest BCUT2D eigenvalue weighted by molar-refractivity contribution is 7.25. The summed E-state index contributed by atoms with van der Waals surface area (Å²) in [7, 11) is 0. The van der Waals surface area contributed by atoms with Crippen molar-refractivity contribution in [3.05, 3.63) is 205 Å². The number of thiophene rings is 1. The third-order valence-electron chi connectivity index (χ3n) is 11.9. The van der Waals surface area contributed by atoms with Crippen molar-refractivity contribution in [1.82, 2.24) is 9.97 Å². The van der Waals surface area contributed by atoms with Gasteiger partial charge in [0.25, 0.3) is 0 Å². The highest BCUT2D eigenvalue weighted by Crippen LogP contribution is 2.52. The molecule has 58 heavy (non-hydrogen) atoms. The maximum absolute atomic E-state index is 5.39. The van der Waals surface area contributed by atoms with E-state index in [1.165, 1.54) is 64.7 Å². The van der Waals surface area contributed by atoms with Gasteiger partial charge in [0.05, 0.1) is 11.4 Å². The second kappa shape index (κ2) is 13.6. The Labute approximate surface area is 342 Å². The van der Waals surface area contributed by atoms with Gasteiger partial charge in [0.1, 0.15) is 0 Å². The molecule has 0 N–H and O–H groups in total. The van der Waals surface area contributed by atoms with E-state index in [0.29, 0.717) is 5.82 Å². The Morgan fingerprint density at radius 2 is 0.948 bits per heavy atom. The molecule has 0 radical (unpaired) electrons. The standard InChI is InChI=1S/C55H38N2S/c1-55(2)47-25-13-11-23-44(47)53-45(24-15-26-48(53)55)50-34-49(56-54(57-50)36-18-7-4-8-19-36)40-31-38(37-28-29-52-46(33-37)43-22-12-14-27-51(43)58-52)30-39(32-40)42-21-10-9-20-41(42)35-16-5-3-6-17-35/h3-34H,1-2H3. The minimum Gasteiger partial charge on any atom is -0.228 e. The van der Waals surface area contributed by atoms with Gasteiger partial charge in [-0.15, -0.1) is 11.3 Å². The van der Waals surface area contributed by atoms with E-state index < -0.39 is 0 Å². The fourth-order valence-corrected chi connectivity index (χ4v) is 10.1. The van der Waals surface area contributed by atoms with E-state index in [1.807, 2.05) is 17.4 Å². The first kappa shape index (κ1) is 34.3. The Balaban J connectivity index is 1.17.